The zero-order valence-electron chi connectivity index (χ0n) is 14.3. The number of anilines is 1. The molecule has 0 radical (unpaired) electrons. The molecule has 0 bridgehead atoms. The van der Waals surface area contributed by atoms with Crippen molar-refractivity contribution in [2.75, 3.05) is 5.32 Å². The van der Waals surface area contributed by atoms with E-state index in [1.165, 1.54) is 24.3 Å². The first-order valence-electron chi connectivity index (χ1n) is 7.96. The first kappa shape index (κ1) is 18.5. The number of furan rings is 1. The van der Waals surface area contributed by atoms with Gasteiger partial charge in [0.05, 0.1) is 4.92 Å². The van der Waals surface area contributed by atoms with Gasteiger partial charge in [0.15, 0.2) is 5.76 Å². The van der Waals surface area contributed by atoms with Gasteiger partial charge in [-0.3, -0.25) is 14.9 Å². The van der Waals surface area contributed by atoms with Crippen molar-refractivity contribution in [1.29, 1.82) is 0 Å². The Morgan fingerprint density at radius 1 is 1.19 bits per heavy atom. The largest absolute Gasteiger partial charge is 0.486 e. The summed E-state index contributed by atoms with van der Waals surface area (Å²) in [6.45, 7) is 1.94. The number of nitrogens with zero attached hydrogens (tertiary/aromatic N) is 1. The molecule has 7 nitrogen and oxygen atoms in total. The lowest BCUT2D eigenvalue weighted by atomic mass is 10.2. The maximum Gasteiger partial charge on any atom is 0.291 e. The highest BCUT2D eigenvalue weighted by Gasteiger charge is 2.13. The summed E-state index contributed by atoms with van der Waals surface area (Å²) in [6.07, 6.45) is 0. The Labute approximate surface area is 159 Å². The van der Waals surface area contributed by atoms with Crippen LogP contribution in [0.5, 0.6) is 5.75 Å². The SMILES string of the molecule is Cc1ccc(Cl)cc1NC(=O)c1ccc(COc2ccc([N+](=O)[O-])cc2)o1. The predicted octanol–water partition coefficient (Wildman–Crippen LogP) is 4.98. The van der Waals surface area contributed by atoms with Crippen molar-refractivity contribution >= 4 is 28.9 Å². The molecule has 0 spiro atoms. The molecular weight excluding hydrogens is 372 g/mol. The number of hydrogen-bond acceptors (Lipinski definition) is 5. The van der Waals surface area contributed by atoms with Crippen LogP contribution < -0.4 is 10.1 Å². The summed E-state index contributed by atoms with van der Waals surface area (Å²) in [5.74, 6) is 0.637. The van der Waals surface area contributed by atoms with Crippen molar-refractivity contribution in [1.82, 2.24) is 0 Å². The van der Waals surface area contributed by atoms with Crippen LogP contribution in [-0.2, 0) is 6.61 Å². The Bertz CT molecular complexity index is 982. The van der Waals surface area contributed by atoms with Crippen LogP contribution in [0.1, 0.15) is 21.9 Å². The fourth-order valence-electron chi connectivity index (χ4n) is 2.31. The molecule has 0 unspecified atom stereocenters. The van der Waals surface area contributed by atoms with Gasteiger partial charge in [0.1, 0.15) is 18.1 Å². The van der Waals surface area contributed by atoms with E-state index in [0.29, 0.717) is 22.2 Å². The molecule has 0 aliphatic rings. The number of carbonyl (C=O) groups excluding carboxylic acids is 1. The lowest BCUT2D eigenvalue weighted by molar-refractivity contribution is -0.384. The van der Waals surface area contributed by atoms with E-state index < -0.39 is 10.8 Å². The first-order valence-corrected chi connectivity index (χ1v) is 8.33. The normalized spacial score (nSPS) is 10.4. The topological polar surface area (TPSA) is 94.6 Å². The van der Waals surface area contributed by atoms with Crippen LogP contribution in [0.25, 0.3) is 0 Å². The van der Waals surface area contributed by atoms with Gasteiger partial charge >= 0.3 is 0 Å². The Morgan fingerprint density at radius 2 is 1.93 bits per heavy atom. The van der Waals surface area contributed by atoms with E-state index in [2.05, 4.69) is 5.32 Å². The number of aryl methyl sites for hydroxylation is 1. The second-order valence-electron chi connectivity index (χ2n) is 5.72. The van der Waals surface area contributed by atoms with Crippen molar-refractivity contribution in [3.8, 4) is 5.75 Å². The van der Waals surface area contributed by atoms with Gasteiger partial charge in [0.2, 0.25) is 0 Å². The maximum atomic E-state index is 12.3. The number of hydrogen-bond donors (Lipinski definition) is 1. The zero-order valence-corrected chi connectivity index (χ0v) is 15.0. The molecule has 0 aliphatic carbocycles. The maximum absolute atomic E-state index is 12.3. The lowest BCUT2D eigenvalue weighted by Gasteiger charge is -2.07. The van der Waals surface area contributed by atoms with Gasteiger partial charge in [0.25, 0.3) is 11.6 Å². The van der Waals surface area contributed by atoms with Gasteiger partial charge in [-0.15, -0.1) is 0 Å². The van der Waals surface area contributed by atoms with Crippen molar-refractivity contribution in [2.45, 2.75) is 13.5 Å². The number of nitro groups is 1. The first-order chi connectivity index (χ1) is 12.9. The summed E-state index contributed by atoms with van der Waals surface area (Å²) >= 11 is 5.95. The standard InChI is InChI=1S/C19H15ClN2O5/c1-12-2-3-13(20)10-17(12)21-19(23)18-9-8-16(27-18)11-26-15-6-4-14(5-7-15)22(24)25/h2-10H,11H2,1H3,(H,21,23). The molecule has 138 valence electrons. The summed E-state index contributed by atoms with van der Waals surface area (Å²) in [5, 5.41) is 13.9. The van der Waals surface area contributed by atoms with Gasteiger partial charge in [-0.2, -0.15) is 0 Å². The van der Waals surface area contributed by atoms with E-state index in [4.69, 9.17) is 20.8 Å². The molecule has 0 saturated carbocycles. The van der Waals surface area contributed by atoms with Crippen LogP contribution in [0.15, 0.2) is 59.0 Å². The predicted molar refractivity (Wildman–Crippen MR) is 100 cm³/mol. The van der Waals surface area contributed by atoms with Crippen LogP contribution in [0.2, 0.25) is 5.02 Å². The molecule has 0 saturated heterocycles. The van der Waals surface area contributed by atoms with Crippen LogP contribution >= 0.6 is 11.6 Å². The van der Waals surface area contributed by atoms with Crippen molar-refractivity contribution < 1.29 is 18.9 Å². The number of benzene rings is 2. The van der Waals surface area contributed by atoms with Gasteiger partial charge in [0, 0.05) is 22.8 Å². The van der Waals surface area contributed by atoms with E-state index in [0.717, 1.165) is 5.56 Å². The molecule has 0 atom stereocenters. The highest BCUT2D eigenvalue weighted by atomic mass is 35.5. The molecular formula is C19H15ClN2O5. The molecule has 1 aromatic heterocycles. The molecule has 0 aliphatic heterocycles. The minimum Gasteiger partial charge on any atom is -0.486 e. The van der Waals surface area contributed by atoms with Crippen molar-refractivity contribution in [3.05, 3.63) is 86.8 Å². The molecule has 1 heterocycles. The zero-order chi connectivity index (χ0) is 19.4. The minimum atomic E-state index is -0.483. The molecule has 1 N–H and O–H groups in total. The Balaban J connectivity index is 1.61. The molecule has 0 fully saturated rings. The summed E-state index contributed by atoms with van der Waals surface area (Å²) < 4.78 is 11.0. The molecule has 2 aromatic carbocycles. The monoisotopic (exact) mass is 386 g/mol. The summed E-state index contributed by atoms with van der Waals surface area (Å²) in [4.78, 5) is 22.5. The number of rotatable bonds is 6. The Kier molecular flexibility index (Phi) is 5.42. The highest BCUT2D eigenvalue weighted by Crippen LogP contribution is 2.22. The van der Waals surface area contributed by atoms with E-state index in [1.807, 2.05) is 13.0 Å². The third-order valence-electron chi connectivity index (χ3n) is 3.76. The number of amides is 1. The summed E-state index contributed by atoms with van der Waals surface area (Å²) in [6, 6.07) is 14.1. The molecule has 3 rings (SSSR count). The number of nitro benzene ring substituents is 1. The van der Waals surface area contributed by atoms with Gasteiger partial charge in [-0.1, -0.05) is 17.7 Å². The smallest absolute Gasteiger partial charge is 0.291 e. The van der Waals surface area contributed by atoms with Crippen LogP contribution in [0.3, 0.4) is 0 Å². The fourth-order valence-corrected chi connectivity index (χ4v) is 2.48. The van der Waals surface area contributed by atoms with Crippen molar-refractivity contribution in [2.24, 2.45) is 0 Å². The second kappa shape index (κ2) is 7.92. The number of nitrogens with one attached hydrogen (secondary N) is 1. The van der Waals surface area contributed by atoms with Gasteiger partial charge in [-0.05, 0) is 48.9 Å². The van der Waals surface area contributed by atoms with E-state index >= 15 is 0 Å². The van der Waals surface area contributed by atoms with E-state index in [1.54, 1.807) is 24.3 Å². The fraction of sp³-hybridized carbons (Fsp3) is 0.105. The van der Waals surface area contributed by atoms with Gasteiger partial charge in [-0.25, -0.2) is 0 Å². The van der Waals surface area contributed by atoms with Crippen LogP contribution in [-0.4, -0.2) is 10.8 Å². The van der Waals surface area contributed by atoms with Crippen LogP contribution in [0, 0.1) is 17.0 Å². The number of ether oxygens (including phenoxy) is 1. The van der Waals surface area contributed by atoms with Crippen LogP contribution in [0.4, 0.5) is 11.4 Å². The lowest BCUT2D eigenvalue weighted by Crippen LogP contribution is -2.11. The molecule has 27 heavy (non-hydrogen) atoms. The average Bonchev–Trinajstić information content (AvgIpc) is 3.12. The number of carbonyl (C=O) groups is 1. The molecule has 1 amide bonds. The number of non-ortho nitro benzene ring substituents is 1. The molecule has 8 heteroatoms. The third kappa shape index (κ3) is 4.65. The van der Waals surface area contributed by atoms with Gasteiger partial charge < -0.3 is 14.5 Å². The summed E-state index contributed by atoms with van der Waals surface area (Å²) in [5.41, 5.74) is 1.46. The van der Waals surface area contributed by atoms with E-state index in [-0.39, 0.29) is 18.1 Å². The van der Waals surface area contributed by atoms with E-state index in [9.17, 15) is 14.9 Å². The number of halogens is 1. The van der Waals surface area contributed by atoms with Crippen molar-refractivity contribution in [3.63, 3.8) is 0 Å². The Hall–Kier alpha value is -3.32. The molecule has 3 aromatic rings. The average molecular weight is 387 g/mol. The quantitative estimate of drug-likeness (QED) is 0.476. The third-order valence-corrected chi connectivity index (χ3v) is 4.00. The second-order valence-corrected chi connectivity index (χ2v) is 6.16. The summed E-state index contributed by atoms with van der Waals surface area (Å²) in [7, 11) is 0. The Morgan fingerprint density at radius 3 is 2.63 bits per heavy atom. The highest BCUT2D eigenvalue weighted by molar-refractivity contribution is 6.31. The minimum absolute atomic E-state index is 0.0179.